The predicted octanol–water partition coefficient (Wildman–Crippen LogP) is 3.63. The first kappa shape index (κ1) is 13.6. The number of nitrogens with zero attached hydrogens (tertiary/aromatic N) is 2. The Kier molecular flexibility index (Phi) is 4.43. The molecule has 1 aromatic heterocycles. The van der Waals surface area contributed by atoms with Gasteiger partial charge in [0.1, 0.15) is 0 Å². The summed E-state index contributed by atoms with van der Waals surface area (Å²) >= 11 is 3.38. The Morgan fingerprint density at radius 2 is 2.17 bits per heavy atom. The molecule has 0 amide bonds. The Morgan fingerprint density at radius 3 is 2.83 bits per heavy atom. The first-order chi connectivity index (χ1) is 8.63. The van der Waals surface area contributed by atoms with Crippen molar-refractivity contribution in [3.05, 3.63) is 10.7 Å². The second-order valence-corrected chi connectivity index (χ2v) is 6.01. The molecule has 1 aliphatic carbocycles. The smallest absolute Gasteiger partial charge is 0.232 e. The second kappa shape index (κ2) is 5.87. The van der Waals surface area contributed by atoms with E-state index in [1.807, 2.05) is 6.92 Å². The monoisotopic (exact) mass is 313 g/mol. The van der Waals surface area contributed by atoms with Crippen molar-refractivity contribution in [3.63, 3.8) is 0 Å². The van der Waals surface area contributed by atoms with E-state index in [9.17, 15) is 0 Å². The lowest BCUT2D eigenvalue weighted by atomic mass is 9.89. The minimum absolute atomic E-state index is 0.391. The molecule has 1 fully saturated rings. The van der Waals surface area contributed by atoms with Crippen molar-refractivity contribution in [1.29, 1.82) is 0 Å². The highest BCUT2D eigenvalue weighted by molar-refractivity contribution is 9.10. The molecule has 4 nitrogen and oxygen atoms in total. The number of nitrogens with one attached hydrogen (secondary N) is 1. The molecule has 100 valence electrons. The van der Waals surface area contributed by atoms with Crippen LogP contribution in [0, 0.1) is 5.41 Å². The summed E-state index contributed by atoms with van der Waals surface area (Å²) in [5.74, 6) is 1.25. The van der Waals surface area contributed by atoms with Gasteiger partial charge in [-0.1, -0.05) is 19.8 Å². The van der Waals surface area contributed by atoms with Crippen molar-refractivity contribution in [2.75, 3.05) is 18.5 Å². The predicted molar refractivity (Wildman–Crippen MR) is 76.0 cm³/mol. The molecule has 0 radical (unpaired) electrons. The molecule has 1 N–H and O–H groups in total. The van der Waals surface area contributed by atoms with Crippen molar-refractivity contribution in [3.8, 4) is 5.88 Å². The van der Waals surface area contributed by atoms with Gasteiger partial charge in [0, 0.05) is 6.54 Å². The molecule has 0 bridgehead atoms. The molecule has 0 spiro atoms. The van der Waals surface area contributed by atoms with Gasteiger partial charge < -0.3 is 10.1 Å². The maximum absolute atomic E-state index is 5.44. The van der Waals surface area contributed by atoms with Gasteiger partial charge in [-0.15, -0.1) is 0 Å². The molecule has 2 rings (SSSR count). The van der Waals surface area contributed by atoms with E-state index >= 15 is 0 Å². The van der Waals surface area contributed by atoms with Crippen LogP contribution in [0.3, 0.4) is 0 Å². The molecule has 18 heavy (non-hydrogen) atoms. The van der Waals surface area contributed by atoms with E-state index in [0.717, 1.165) is 11.0 Å². The lowest BCUT2D eigenvalue weighted by molar-refractivity contribution is 0.323. The van der Waals surface area contributed by atoms with Crippen LogP contribution in [0.1, 0.15) is 39.5 Å². The van der Waals surface area contributed by atoms with Crippen LogP contribution in [0.4, 0.5) is 5.95 Å². The summed E-state index contributed by atoms with van der Waals surface area (Å²) in [6, 6.07) is 0. The minimum Gasteiger partial charge on any atom is -0.477 e. The van der Waals surface area contributed by atoms with Gasteiger partial charge in [0.15, 0.2) is 0 Å². The van der Waals surface area contributed by atoms with Gasteiger partial charge in [-0.3, -0.25) is 0 Å². The Morgan fingerprint density at radius 1 is 1.44 bits per heavy atom. The molecule has 0 aromatic carbocycles. The van der Waals surface area contributed by atoms with Crippen LogP contribution in [0.5, 0.6) is 5.88 Å². The van der Waals surface area contributed by atoms with Crippen LogP contribution >= 0.6 is 15.9 Å². The van der Waals surface area contributed by atoms with E-state index in [4.69, 9.17) is 4.74 Å². The van der Waals surface area contributed by atoms with E-state index in [2.05, 4.69) is 38.1 Å². The van der Waals surface area contributed by atoms with E-state index < -0.39 is 0 Å². The largest absolute Gasteiger partial charge is 0.477 e. The maximum atomic E-state index is 5.44. The number of aromatic nitrogens is 2. The topological polar surface area (TPSA) is 47.0 Å². The summed E-state index contributed by atoms with van der Waals surface area (Å²) in [7, 11) is 0. The highest BCUT2D eigenvalue weighted by Gasteiger charge is 2.28. The summed E-state index contributed by atoms with van der Waals surface area (Å²) in [4.78, 5) is 8.63. The van der Waals surface area contributed by atoms with Crippen molar-refractivity contribution in [1.82, 2.24) is 9.97 Å². The SMILES string of the molecule is CCOc1nc(NCC2(C)CCCC2)ncc1Br. The maximum Gasteiger partial charge on any atom is 0.232 e. The van der Waals surface area contributed by atoms with Crippen molar-refractivity contribution >= 4 is 21.9 Å². The average Bonchev–Trinajstić information content (AvgIpc) is 2.78. The van der Waals surface area contributed by atoms with Crippen molar-refractivity contribution in [2.45, 2.75) is 39.5 Å². The quantitative estimate of drug-likeness (QED) is 0.901. The third-order valence-corrected chi connectivity index (χ3v) is 4.02. The fraction of sp³-hybridized carbons (Fsp3) is 0.692. The molecule has 0 unspecified atom stereocenters. The first-order valence-electron chi connectivity index (χ1n) is 6.52. The number of hydrogen-bond donors (Lipinski definition) is 1. The lowest BCUT2D eigenvalue weighted by Gasteiger charge is -2.23. The van der Waals surface area contributed by atoms with E-state index in [-0.39, 0.29) is 0 Å². The van der Waals surface area contributed by atoms with Gasteiger partial charge >= 0.3 is 0 Å². The van der Waals surface area contributed by atoms with Gasteiger partial charge in [0.2, 0.25) is 11.8 Å². The Bertz CT molecular complexity index is 405. The zero-order valence-electron chi connectivity index (χ0n) is 11.0. The molecular formula is C13H20BrN3O. The van der Waals surface area contributed by atoms with Crippen LogP contribution in [0.2, 0.25) is 0 Å². The molecule has 1 heterocycles. The van der Waals surface area contributed by atoms with E-state index in [1.54, 1.807) is 6.20 Å². The van der Waals surface area contributed by atoms with E-state index in [0.29, 0.717) is 23.9 Å². The summed E-state index contributed by atoms with van der Waals surface area (Å²) in [6.45, 7) is 5.81. The Hall–Kier alpha value is -0.840. The third kappa shape index (κ3) is 3.34. The average molecular weight is 314 g/mol. The molecule has 0 saturated heterocycles. The molecule has 0 aliphatic heterocycles. The Labute approximate surface area is 117 Å². The van der Waals surface area contributed by atoms with Crippen LogP contribution in [0.25, 0.3) is 0 Å². The van der Waals surface area contributed by atoms with Crippen LogP contribution in [-0.2, 0) is 0 Å². The van der Waals surface area contributed by atoms with Crippen LogP contribution in [0.15, 0.2) is 10.7 Å². The second-order valence-electron chi connectivity index (χ2n) is 5.15. The van der Waals surface area contributed by atoms with Crippen molar-refractivity contribution in [2.24, 2.45) is 5.41 Å². The highest BCUT2D eigenvalue weighted by Crippen LogP contribution is 2.37. The van der Waals surface area contributed by atoms with E-state index in [1.165, 1.54) is 25.7 Å². The lowest BCUT2D eigenvalue weighted by Crippen LogP contribution is -2.23. The number of halogens is 1. The fourth-order valence-electron chi connectivity index (χ4n) is 2.37. The Balaban J connectivity index is 1.98. The number of rotatable bonds is 5. The minimum atomic E-state index is 0.391. The molecule has 1 saturated carbocycles. The number of ether oxygens (including phenoxy) is 1. The summed E-state index contributed by atoms with van der Waals surface area (Å²) in [5.41, 5.74) is 0.391. The zero-order chi connectivity index (χ0) is 13.0. The molecular weight excluding hydrogens is 294 g/mol. The standard InChI is InChI=1S/C13H20BrN3O/c1-3-18-11-10(14)8-15-12(17-11)16-9-13(2)6-4-5-7-13/h8H,3-7,9H2,1-2H3,(H,15,16,17). The fourth-order valence-corrected chi connectivity index (χ4v) is 2.68. The summed E-state index contributed by atoms with van der Waals surface area (Å²) in [5, 5.41) is 3.33. The van der Waals surface area contributed by atoms with Gasteiger partial charge in [0.05, 0.1) is 17.3 Å². The molecule has 1 aliphatic rings. The van der Waals surface area contributed by atoms with Gasteiger partial charge in [-0.05, 0) is 41.1 Å². The first-order valence-corrected chi connectivity index (χ1v) is 7.31. The van der Waals surface area contributed by atoms with Crippen molar-refractivity contribution < 1.29 is 4.74 Å². The third-order valence-electron chi connectivity index (χ3n) is 3.48. The zero-order valence-corrected chi connectivity index (χ0v) is 12.6. The molecule has 0 atom stereocenters. The number of anilines is 1. The summed E-state index contributed by atoms with van der Waals surface area (Å²) < 4.78 is 6.23. The molecule has 5 heteroatoms. The summed E-state index contributed by atoms with van der Waals surface area (Å²) in [6.07, 6.45) is 6.98. The highest BCUT2D eigenvalue weighted by atomic mass is 79.9. The van der Waals surface area contributed by atoms with Gasteiger partial charge in [0.25, 0.3) is 0 Å². The van der Waals surface area contributed by atoms with Crippen LogP contribution in [-0.4, -0.2) is 23.1 Å². The molecule has 1 aromatic rings. The van der Waals surface area contributed by atoms with Gasteiger partial charge in [-0.2, -0.15) is 4.98 Å². The van der Waals surface area contributed by atoms with Gasteiger partial charge in [-0.25, -0.2) is 4.98 Å². The number of hydrogen-bond acceptors (Lipinski definition) is 4. The normalized spacial score (nSPS) is 17.7. The van der Waals surface area contributed by atoms with Crippen LogP contribution < -0.4 is 10.1 Å².